The predicted octanol–water partition coefficient (Wildman–Crippen LogP) is 3.97. The highest BCUT2D eigenvalue weighted by molar-refractivity contribution is 6.17. The summed E-state index contributed by atoms with van der Waals surface area (Å²) in [6.07, 6.45) is 0. The highest BCUT2D eigenvalue weighted by Crippen LogP contribution is 2.31. The second-order valence-corrected chi connectivity index (χ2v) is 4.66. The van der Waals surface area contributed by atoms with E-state index in [4.69, 9.17) is 16.9 Å². The van der Waals surface area contributed by atoms with Crippen molar-refractivity contribution in [1.29, 1.82) is 5.26 Å². The van der Waals surface area contributed by atoms with E-state index in [1.807, 2.05) is 12.1 Å². The third kappa shape index (κ3) is 2.96. The van der Waals surface area contributed by atoms with E-state index in [2.05, 4.69) is 6.07 Å². The Kier molecular flexibility index (Phi) is 4.41. The highest BCUT2D eigenvalue weighted by atomic mass is 35.5. The second-order valence-electron chi connectivity index (χ2n) is 4.39. The van der Waals surface area contributed by atoms with E-state index in [1.165, 1.54) is 6.07 Å². The maximum Gasteiger partial charge on any atom is 0.273 e. The lowest BCUT2D eigenvalue weighted by Crippen LogP contribution is -2.11. The number of rotatable bonds is 4. The molecule has 0 aromatic heterocycles. The third-order valence-corrected chi connectivity index (χ3v) is 3.46. The van der Waals surface area contributed by atoms with E-state index in [0.29, 0.717) is 11.1 Å². The fourth-order valence-electron chi connectivity index (χ4n) is 2.07. The van der Waals surface area contributed by atoms with Gasteiger partial charge in [-0.1, -0.05) is 12.1 Å². The van der Waals surface area contributed by atoms with Crippen LogP contribution in [-0.4, -0.2) is 12.0 Å². The van der Waals surface area contributed by atoms with E-state index in [9.17, 15) is 10.1 Å². The monoisotopic (exact) mass is 301 g/mol. The Hall–Kier alpha value is -2.58. The predicted molar refractivity (Wildman–Crippen MR) is 81.9 cm³/mol. The average molecular weight is 302 g/mol. The molecule has 0 aliphatic heterocycles. The molecule has 0 saturated carbocycles. The van der Waals surface area contributed by atoms with Crippen molar-refractivity contribution in [3.05, 3.63) is 63.7 Å². The summed E-state index contributed by atoms with van der Waals surface area (Å²) in [6, 6.07) is 14.0. The molecule has 2 aromatic carbocycles. The lowest BCUT2D eigenvalue weighted by Gasteiger charge is -2.21. The van der Waals surface area contributed by atoms with Crippen molar-refractivity contribution in [3.8, 4) is 6.07 Å². The van der Waals surface area contributed by atoms with Crippen molar-refractivity contribution in [2.24, 2.45) is 0 Å². The number of nitrogens with zero attached hydrogens (tertiary/aromatic N) is 3. The van der Waals surface area contributed by atoms with E-state index >= 15 is 0 Å². The molecule has 0 unspecified atom stereocenters. The van der Waals surface area contributed by atoms with E-state index in [1.54, 1.807) is 36.2 Å². The fourth-order valence-corrected chi connectivity index (χ4v) is 2.28. The summed E-state index contributed by atoms with van der Waals surface area (Å²) in [5, 5.41) is 20.1. The molecule has 5 nitrogen and oxygen atoms in total. The first-order valence-corrected chi connectivity index (χ1v) is 6.68. The normalized spacial score (nSPS) is 9.95. The van der Waals surface area contributed by atoms with Gasteiger partial charge in [-0.2, -0.15) is 5.26 Å². The molecule has 6 heteroatoms. The summed E-state index contributed by atoms with van der Waals surface area (Å²) in [5.41, 5.74) is 2.44. The minimum Gasteiger partial charge on any atom is -0.344 e. The first kappa shape index (κ1) is 14.8. The topological polar surface area (TPSA) is 70.2 Å². The number of nitriles is 1. The highest BCUT2D eigenvalue weighted by Gasteiger charge is 2.16. The largest absolute Gasteiger partial charge is 0.344 e. The van der Waals surface area contributed by atoms with Crippen LogP contribution in [0.25, 0.3) is 0 Å². The minimum absolute atomic E-state index is 0.00396. The van der Waals surface area contributed by atoms with Crippen molar-refractivity contribution in [1.82, 2.24) is 0 Å². The van der Waals surface area contributed by atoms with Gasteiger partial charge in [0, 0.05) is 24.4 Å². The molecule has 0 radical (unpaired) electrons. The molecule has 106 valence electrons. The Bertz CT molecular complexity index is 725. The van der Waals surface area contributed by atoms with Gasteiger partial charge in [-0.25, -0.2) is 0 Å². The average Bonchev–Trinajstić information content (AvgIpc) is 2.53. The zero-order valence-electron chi connectivity index (χ0n) is 11.3. The molecular weight excluding hydrogens is 290 g/mol. The number of anilines is 2. The lowest BCUT2D eigenvalue weighted by molar-refractivity contribution is -0.385. The maximum atomic E-state index is 10.9. The molecule has 0 amide bonds. The number of benzene rings is 2. The van der Waals surface area contributed by atoms with Gasteiger partial charge in [-0.05, 0) is 24.3 Å². The molecule has 2 aromatic rings. The zero-order chi connectivity index (χ0) is 15.4. The van der Waals surface area contributed by atoms with Crippen LogP contribution < -0.4 is 4.90 Å². The quantitative estimate of drug-likeness (QED) is 0.486. The summed E-state index contributed by atoms with van der Waals surface area (Å²) in [5.74, 6) is 0.0535. The van der Waals surface area contributed by atoms with Crippen LogP contribution >= 0.6 is 11.6 Å². The van der Waals surface area contributed by atoms with Crippen LogP contribution in [0.2, 0.25) is 0 Å². The van der Waals surface area contributed by atoms with Gasteiger partial charge in [0.2, 0.25) is 0 Å². The molecule has 0 atom stereocenters. The van der Waals surface area contributed by atoms with Gasteiger partial charge < -0.3 is 4.90 Å². The summed E-state index contributed by atoms with van der Waals surface area (Å²) >= 11 is 5.78. The molecule has 0 fully saturated rings. The molecule has 0 bridgehead atoms. The first-order valence-electron chi connectivity index (χ1n) is 6.14. The van der Waals surface area contributed by atoms with Crippen LogP contribution in [0.4, 0.5) is 17.1 Å². The third-order valence-electron chi connectivity index (χ3n) is 3.18. The molecule has 0 saturated heterocycles. The van der Waals surface area contributed by atoms with Crippen molar-refractivity contribution in [2.75, 3.05) is 11.9 Å². The Balaban J connectivity index is 2.47. The lowest BCUT2D eigenvalue weighted by atomic mass is 10.1. The summed E-state index contributed by atoms with van der Waals surface area (Å²) < 4.78 is 0. The van der Waals surface area contributed by atoms with E-state index in [-0.39, 0.29) is 11.6 Å². The van der Waals surface area contributed by atoms with Gasteiger partial charge in [0.05, 0.1) is 22.1 Å². The number of para-hydroxylation sites is 1. The van der Waals surface area contributed by atoms with Crippen molar-refractivity contribution in [3.63, 3.8) is 0 Å². The number of nitro groups is 1. The van der Waals surface area contributed by atoms with Crippen LogP contribution in [-0.2, 0) is 5.88 Å². The van der Waals surface area contributed by atoms with Crippen molar-refractivity contribution in [2.45, 2.75) is 5.88 Å². The Morgan fingerprint density at radius 3 is 2.67 bits per heavy atom. The fraction of sp³-hybridized carbons (Fsp3) is 0.133. The molecule has 0 N–H and O–H groups in total. The Morgan fingerprint density at radius 2 is 2.05 bits per heavy atom. The van der Waals surface area contributed by atoms with Gasteiger partial charge >= 0.3 is 0 Å². The van der Waals surface area contributed by atoms with Crippen molar-refractivity contribution >= 4 is 28.7 Å². The number of halogens is 1. The smallest absolute Gasteiger partial charge is 0.273 e. The second kappa shape index (κ2) is 6.25. The zero-order valence-corrected chi connectivity index (χ0v) is 12.0. The number of hydrogen-bond donors (Lipinski definition) is 0. The van der Waals surface area contributed by atoms with Crippen LogP contribution in [0.1, 0.15) is 11.1 Å². The van der Waals surface area contributed by atoms with E-state index < -0.39 is 4.92 Å². The summed E-state index contributed by atoms with van der Waals surface area (Å²) in [7, 11) is 1.80. The summed E-state index contributed by atoms with van der Waals surface area (Å²) in [6.45, 7) is 0. The Labute approximate surface area is 127 Å². The van der Waals surface area contributed by atoms with Gasteiger partial charge in [-0.15, -0.1) is 11.6 Å². The maximum absolute atomic E-state index is 10.9. The van der Waals surface area contributed by atoms with Crippen LogP contribution in [0.5, 0.6) is 0 Å². The van der Waals surface area contributed by atoms with Crippen LogP contribution in [0.15, 0.2) is 42.5 Å². The number of nitro benzene ring substituents is 1. The van der Waals surface area contributed by atoms with Crippen LogP contribution in [0.3, 0.4) is 0 Å². The first-order chi connectivity index (χ1) is 10.1. The number of hydrogen-bond acceptors (Lipinski definition) is 4. The van der Waals surface area contributed by atoms with Gasteiger partial charge in [-0.3, -0.25) is 10.1 Å². The summed E-state index contributed by atoms with van der Waals surface area (Å²) in [4.78, 5) is 12.3. The SMILES string of the molecule is CN(c1ccc([N+](=O)[O-])c(CCl)c1)c1ccccc1C#N. The van der Waals surface area contributed by atoms with Crippen LogP contribution in [0, 0.1) is 21.4 Å². The molecule has 21 heavy (non-hydrogen) atoms. The van der Waals surface area contributed by atoms with Gasteiger partial charge in [0.15, 0.2) is 0 Å². The van der Waals surface area contributed by atoms with Crippen molar-refractivity contribution < 1.29 is 4.92 Å². The molecular formula is C15H12ClN3O2. The molecule has 2 rings (SSSR count). The van der Waals surface area contributed by atoms with Gasteiger partial charge in [0.25, 0.3) is 5.69 Å². The molecule has 0 aliphatic carbocycles. The van der Waals surface area contributed by atoms with E-state index in [0.717, 1.165) is 11.4 Å². The molecule has 0 heterocycles. The Morgan fingerprint density at radius 1 is 1.33 bits per heavy atom. The standard InChI is InChI=1S/C15H12ClN3O2/c1-18(14-5-3-2-4-11(14)10-17)13-6-7-15(19(20)21)12(8-13)9-16/h2-8H,9H2,1H3. The molecule has 0 aliphatic rings. The minimum atomic E-state index is -0.454. The number of alkyl halides is 1. The van der Waals surface area contributed by atoms with Gasteiger partial charge in [0.1, 0.15) is 6.07 Å². The molecule has 0 spiro atoms.